The van der Waals surface area contributed by atoms with Gasteiger partial charge in [-0.05, 0) is 38.1 Å². The fraction of sp³-hybridized carbons (Fsp3) is 0.444. The Hall–Kier alpha value is -2.01. The predicted octanol–water partition coefficient (Wildman–Crippen LogP) is 1.83. The van der Waals surface area contributed by atoms with Crippen LogP contribution in [0.15, 0.2) is 23.1 Å². The van der Waals surface area contributed by atoms with Gasteiger partial charge in [0.05, 0.1) is 12.8 Å². The zero-order valence-corrected chi connectivity index (χ0v) is 17.3. The molecule has 0 spiro atoms. The number of carbonyl (C=O) groups is 1. The van der Waals surface area contributed by atoms with E-state index in [1.165, 1.54) is 30.6 Å². The van der Waals surface area contributed by atoms with Gasteiger partial charge in [0.1, 0.15) is 10.6 Å². The van der Waals surface area contributed by atoms with Crippen LogP contribution in [0.1, 0.15) is 33.8 Å². The predicted molar refractivity (Wildman–Crippen MR) is 106 cm³/mol. The topological polar surface area (TPSA) is 101 Å². The molecule has 2 N–H and O–H groups in total. The first-order valence-corrected chi connectivity index (χ1v) is 11.3. The van der Waals surface area contributed by atoms with Gasteiger partial charge in [-0.2, -0.15) is 0 Å². The number of nitrogens with zero attached hydrogens (tertiary/aromatic N) is 2. The summed E-state index contributed by atoms with van der Waals surface area (Å²) >= 11 is 1.46. The molecule has 2 aromatic rings. The van der Waals surface area contributed by atoms with Crippen molar-refractivity contribution in [2.24, 2.45) is 0 Å². The second-order valence-electron chi connectivity index (χ2n) is 7.09. The van der Waals surface area contributed by atoms with Crippen LogP contribution in [0.4, 0.5) is 5.13 Å². The third-order valence-corrected chi connectivity index (χ3v) is 7.30. The highest BCUT2D eigenvalue weighted by molar-refractivity contribution is 7.89. The van der Waals surface area contributed by atoms with Crippen LogP contribution < -0.4 is 14.8 Å². The number of nitrogens with one attached hydrogen (secondary N) is 2. The minimum Gasteiger partial charge on any atom is -0.495 e. The van der Waals surface area contributed by atoms with Crippen LogP contribution in [0.3, 0.4) is 0 Å². The number of hydrogen-bond donors (Lipinski definition) is 2. The fourth-order valence-electron chi connectivity index (χ4n) is 3.06. The number of sulfonamides is 1. The maximum Gasteiger partial charge on any atom is 0.257 e. The van der Waals surface area contributed by atoms with Crippen molar-refractivity contribution in [1.29, 1.82) is 0 Å². The number of amides is 1. The maximum atomic E-state index is 12.7. The lowest BCUT2D eigenvalue weighted by Gasteiger charge is -2.20. The van der Waals surface area contributed by atoms with Gasteiger partial charge in [-0.1, -0.05) is 0 Å². The smallest absolute Gasteiger partial charge is 0.257 e. The Kier molecular flexibility index (Phi) is 5.13. The average Bonchev–Trinajstić information content (AvgIpc) is 3.37. The molecule has 1 aromatic heterocycles. The summed E-state index contributed by atoms with van der Waals surface area (Å²) in [6.45, 7) is 1.76. The Morgan fingerprint density at radius 2 is 2.14 bits per heavy atom. The van der Waals surface area contributed by atoms with Crippen LogP contribution in [0.2, 0.25) is 0 Å². The van der Waals surface area contributed by atoms with E-state index in [2.05, 4.69) is 27.0 Å². The summed E-state index contributed by atoms with van der Waals surface area (Å²) in [7, 11) is -0.294. The first-order valence-electron chi connectivity index (χ1n) is 9.04. The molecular formula is C18H22N4O4S2. The minimum atomic E-state index is -3.75. The minimum absolute atomic E-state index is 0.0328. The Morgan fingerprint density at radius 1 is 1.36 bits per heavy atom. The maximum absolute atomic E-state index is 12.7. The molecule has 2 heterocycles. The third kappa shape index (κ3) is 4.04. The van der Waals surface area contributed by atoms with Gasteiger partial charge in [-0.15, -0.1) is 11.3 Å². The highest BCUT2D eigenvalue weighted by Gasteiger charge is 2.30. The van der Waals surface area contributed by atoms with Gasteiger partial charge in [0.15, 0.2) is 5.13 Å². The van der Waals surface area contributed by atoms with Gasteiger partial charge in [0, 0.05) is 36.0 Å². The van der Waals surface area contributed by atoms with Crippen LogP contribution in [-0.2, 0) is 23.0 Å². The van der Waals surface area contributed by atoms with E-state index in [1.807, 2.05) is 0 Å². The molecule has 150 valence electrons. The highest BCUT2D eigenvalue weighted by Crippen LogP contribution is 2.30. The van der Waals surface area contributed by atoms with Gasteiger partial charge in [-0.3, -0.25) is 10.1 Å². The molecule has 1 amide bonds. The summed E-state index contributed by atoms with van der Waals surface area (Å²) in [6.07, 6.45) is 2.51. The Balaban J connectivity index is 1.57. The van der Waals surface area contributed by atoms with E-state index < -0.39 is 15.9 Å². The molecule has 1 saturated carbocycles. The zero-order valence-electron chi connectivity index (χ0n) is 15.7. The van der Waals surface area contributed by atoms with E-state index in [4.69, 9.17) is 4.74 Å². The zero-order chi connectivity index (χ0) is 19.9. The number of benzene rings is 1. The van der Waals surface area contributed by atoms with Gasteiger partial charge >= 0.3 is 0 Å². The SMILES string of the molecule is COc1ccc(C(=O)Nc2nc3c(s2)CN(C)CC3)cc1S(=O)(=O)NC1CC1. The standard InChI is InChI=1S/C18H22N4O4S2/c1-22-8-7-13-15(10-22)27-18(19-13)20-17(23)11-3-6-14(26-2)16(9-11)28(24,25)21-12-4-5-12/h3,6,9,12,21H,4-5,7-8,10H2,1-2H3,(H,19,20,23). The van der Waals surface area contributed by atoms with Gasteiger partial charge in [0.2, 0.25) is 10.0 Å². The molecule has 0 atom stereocenters. The summed E-state index contributed by atoms with van der Waals surface area (Å²) in [6, 6.07) is 4.36. The number of likely N-dealkylation sites (N-methyl/N-ethyl adjacent to an activating group) is 1. The van der Waals surface area contributed by atoms with Crippen molar-refractivity contribution in [2.75, 3.05) is 26.0 Å². The molecular weight excluding hydrogens is 400 g/mol. The number of aromatic nitrogens is 1. The monoisotopic (exact) mass is 422 g/mol. The molecule has 0 radical (unpaired) electrons. The lowest BCUT2D eigenvalue weighted by molar-refractivity contribution is 0.102. The lowest BCUT2D eigenvalue weighted by Crippen LogP contribution is -2.26. The summed E-state index contributed by atoms with van der Waals surface area (Å²) in [5, 5.41) is 3.32. The number of methoxy groups -OCH3 is 1. The number of carbonyl (C=O) groups excluding carboxylic acids is 1. The number of fused-ring (bicyclic) bond motifs is 1. The van der Waals surface area contributed by atoms with Gasteiger partial charge < -0.3 is 9.64 Å². The number of rotatable bonds is 6. The van der Waals surface area contributed by atoms with Crippen molar-refractivity contribution >= 4 is 32.4 Å². The number of anilines is 1. The average molecular weight is 423 g/mol. The molecule has 1 aromatic carbocycles. The Labute approximate surface area is 168 Å². The van der Waals surface area contributed by atoms with Crippen molar-refractivity contribution < 1.29 is 17.9 Å². The van der Waals surface area contributed by atoms with E-state index in [0.717, 1.165) is 42.9 Å². The number of ether oxygens (including phenoxy) is 1. The normalized spacial score (nSPS) is 17.2. The molecule has 0 saturated heterocycles. The van der Waals surface area contributed by atoms with Crippen molar-refractivity contribution in [1.82, 2.24) is 14.6 Å². The molecule has 0 unspecified atom stereocenters. The quantitative estimate of drug-likeness (QED) is 0.737. The first kappa shape index (κ1) is 19.3. The fourth-order valence-corrected chi connectivity index (χ4v) is 5.64. The largest absolute Gasteiger partial charge is 0.495 e. The molecule has 0 bridgehead atoms. The Bertz CT molecular complexity index is 1010. The van der Waals surface area contributed by atoms with E-state index in [9.17, 15) is 13.2 Å². The second-order valence-corrected chi connectivity index (χ2v) is 9.86. The molecule has 8 nitrogen and oxygen atoms in total. The van der Waals surface area contributed by atoms with Crippen molar-refractivity contribution in [3.8, 4) is 5.75 Å². The van der Waals surface area contributed by atoms with E-state index in [-0.39, 0.29) is 22.3 Å². The van der Waals surface area contributed by atoms with Crippen LogP contribution in [0.5, 0.6) is 5.75 Å². The summed E-state index contributed by atoms with van der Waals surface area (Å²) in [5.74, 6) is -0.192. The summed E-state index contributed by atoms with van der Waals surface area (Å²) in [5.41, 5.74) is 1.26. The lowest BCUT2D eigenvalue weighted by atomic mass is 10.2. The summed E-state index contributed by atoms with van der Waals surface area (Å²) in [4.78, 5) is 20.5. The molecule has 1 aliphatic heterocycles. The molecule has 28 heavy (non-hydrogen) atoms. The van der Waals surface area contributed by atoms with Crippen LogP contribution >= 0.6 is 11.3 Å². The van der Waals surface area contributed by atoms with Crippen molar-refractivity contribution in [2.45, 2.75) is 36.7 Å². The molecule has 1 aliphatic carbocycles. The summed E-state index contributed by atoms with van der Waals surface area (Å²) < 4.78 is 33.0. The highest BCUT2D eigenvalue weighted by atomic mass is 32.2. The number of thiazole rings is 1. The van der Waals surface area contributed by atoms with E-state index >= 15 is 0 Å². The van der Waals surface area contributed by atoms with Crippen LogP contribution in [0.25, 0.3) is 0 Å². The van der Waals surface area contributed by atoms with Crippen LogP contribution in [0, 0.1) is 0 Å². The molecule has 2 aliphatic rings. The Morgan fingerprint density at radius 3 is 2.86 bits per heavy atom. The molecule has 4 rings (SSSR count). The van der Waals surface area contributed by atoms with Gasteiger partial charge in [0.25, 0.3) is 5.91 Å². The molecule has 10 heteroatoms. The van der Waals surface area contributed by atoms with E-state index in [1.54, 1.807) is 6.07 Å². The first-order chi connectivity index (χ1) is 13.4. The third-order valence-electron chi connectivity index (χ3n) is 4.76. The molecule has 1 fully saturated rings. The second kappa shape index (κ2) is 7.43. The van der Waals surface area contributed by atoms with Crippen molar-refractivity contribution in [3.63, 3.8) is 0 Å². The van der Waals surface area contributed by atoms with E-state index in [0.29, 0.717) is 5.13 Å². The number of hydrogen-bond acceptors (Lipinski definition) is 7. The van der Waals surface area contributed by atoms with Gasteiger partial charge in [-0.25, -0.2) is 18.1 Å². The van der Waals surface area contributed by atoms with Crippen molar-refractivity contribution in [3.05, 3.63) is 34.3 Å². The van der Waals surface area contributed by atoms with Crippen LogP contribution in [-0.4, -0.2) is 51.0 Å².